The lowest BCUT2D eigenvalue weighted by Gasteiger charge is -2.04. The van der Waals surface area contributed by atoms with Crippen LogP contribution >= 0.6 is 11.8 Å². The summed E-state index contributed by atoms with van der Waals surface area (Å²) in [6.07, 6.45) is 5.39. The first-order valence-corrected chi connectivity index (χ1v) is 5.79. The predicted octanol–water partition coefficient (Wildman–Crippen LogP) is 2.03. The third kappa shape index (κ3) is 3.79. The minimum atomic E-state index is 0.432. The molecule has 0 aliphatic rings. The van der Waals surface area contributed by atoms with E-state index < -0.39 is 0 Å². The summed E-state index contributed by atoms with van der Waals surface area (Å²) in [7, 11) is 0. The van der Waals surface area contributed by atoms with Crippen molar-refractivity contribution in [3.05, 3.63) is 24.0 Å². The SMILES string of the molecule is CSCCCOc1ccc(C=O)nc1. The van der Waals surface area contributed by atoms with Gasteiger partial charge in [-0.05, 0) is 30.6 Å². The van der Waals surface area contributed by atoms with Crippen LogP contribution in [0.5, 0.6) is 5.75 Å². The molecule has 1 heterocycles. The van der Waals surface area contributed by atoms with Crippen LogP contribution in [0.4, 0.5) is 0 Å². The van der Waals surface area contributed by atoms with Crippen LogP contribution in [0.1, 0.15) is 16.9 Å². The van der Waals surface area contributed by atoms with Gasteiger partial charge in [-0.3, -0.25) is 4.79 Å². The van der Waals surface area contributed by atoms with Crippen LogP contribution in [0, 0.1) is 0 Å². The molecule has 3 nitrogen and oxygen atoms in total. The number of hydrogen-bond acceptors (Lipinski definition) is 4. The van der Waals surface area contributed by atoms with Gasteiger partial charge in [-0.15, -0.1) is 0 Å². The normalized spacial score (nSPS) is 9.79. The predicted molar refractivity (Wildman–Crippen MR) is 58.1 cm³/mol. The first-order valence-electron chi connectivity index (χ1n) is 4.40. The smallest absolute Gasteiger partial charge is 0.168 e. The van der Waals surface area contributed by atoms with Gasteiger partial charge in [0.25, 0.3) is 0 Å². The van der Waals surface area contributed by atoms with Gasteiger partial charge in [0.2, 0.25) is 0 Å². The Bertz CT molecular complexity index is 274. The van der Waals surface area contributed by atoms with E-state index in [1.165, 1.54) is 0 Å². The highest BCUT2D eigenvalue weighted by Crippen LogP contribution is 2.08. The standard InChI is InChI=1S/C10H13NO2S/c1-14-6-2-5-13-10-4-3-9(8-12)11-7-10/h3-4,7-8H,2,5-6H2,1H3. The van der Waals surface area contributed by atoms with Gasteiger partial charge in [-0.1, -0.05) is 0 Å². The van der Waals surface area contributed by atoms with Gasteiger partial charge in [0.1, 0.15) is 11.4 Å². The van der Waals surface area contributed by atoms with Crippen molar-refractivity contribution in [1.29, 1.82) is 0 Å². The Morgan fingerprint density at radius 1 is 1.57 bits per heavy atom. The molecule has 0 aromatic carbocycles. The third-order valence-electron chi connectivity index (χ3n) is 1.64. The first-order chi connectivity index (χ1) is 6.86. The quantitative estimate of drug-likeness (QED) is 0.533. The molecular weight excluding hydrogens is 198 g/mol. The maximum Gasteiger partial charge on any atom is 0.168 e. The molecule has 0 unspecified atom stereocenters. The molecular formula is C10H13NO2S. The van der Waals surface area contributed by atoms with E-state index in [1.54, 1.807) is 30.1 Å². The van der Waals surface area contributed by atoms with Crippen LogP contribution in [0.25, 0.3) is 0 Å². The highest BCUT2D eigenvalue weighted by Gasteiger charge is 1.95. The number of rotatable bonds is 6. The summed E-state index contributed by atoms with van der Waals surface area (Å²) < 4.78 is 5.42. The van der Waals surface area contributed by atoms with Crippen molar-refractivity contribution in [1.82, 2.24) is 4.98 Å². The van der Waals surface area contributed by atoms with Crippen molar-refractivity contribution in [3.8, 4) is 5.75 Å². The third-order valence-corrected chi connectivity index (χ3v) is 2.34. The molecule has 1 aromatic rings. The summed E-state index contributed by atoms with van der Waals surface area (Å²) in [5.74, 6) is 1.82. The number of nitrogens with zero attached hydrogens (tertiary/aromatic N) is 1. The van der Waals surface area contributed by atoms with E-state index in [-0.39, 0.29) is 0 Å². The van der Waals surface area contributed by atoms with Gasteiger partial charge >= 0.3 is 0 Å². The Balaban J connectivity index is 2.32. The fraction of sp³-hybridized carbons (Fsp3) is 0.400. The van der Waals surface area contributed by atoms with Crippen LogP contribution in [0.15, 0.2) is 18.3 Å². The Kier molecular flexibility index (Phi) is 5.07. The molecule has 0 radical (unpaired) electrons. The van der Waals surface area contributed by atoms with E-state index in [9.17, 15) is 4.79 Å². The van der Waals surface area contributed by atoms with E-state index in [2.05, 4.69) is 11.2 Å². The topological polar surface area (TPSA) is 39.2 Å². The second-order valence-electron chi connectivity index (χ2n) is 2.73. The molecule has 0 saturated carbocycles. The van der Waals surface area contributed by atoms with Crippen molar-refractivity contribution >= 4 is 18.0 Å². The zero-order valence-electron chi connectivity index (χ0n) is 8.10. The van der Waals surface area contributed by atoms with E-state index in [4.69, 9.17) is 4.74 Å². The van der Waals surface area contributed by atoms with Crippen molar-refractivity contribution in [2.45, 2.75) is 6.42 Å². The maximum absolute atomic E-state index is 10.3. The molecule has 1 aromatic heterocycles. The van der Waals surface area contributed by atoms with Gasteiger partial charge in [0.15, 0.2) is 6.29 Å². The summed E-state index contributed by atoms with van der Waals surface area (Å²) in [5, 5.41) is 0. The Hall–Kier alpha value is -1.03. The maximum atomic E-state index is 10.3. The fourth-order valence-electron chi connectivity index (χ4n) is 0.940. The number of aldehydes is 1. The zero-order chi connectivity index (χ0) is 10.2. The number of hydrogen-bond donors (Lipinski definition) is 0. The summed E-state index contributed by atoms with van der Waals surface area (Å²) in [5.41, 5.74) is 0.432. The molecule has 4 heteroatoms. The summed E-state index contributed by atoms with van der Waals surface area (Å²) in [4.78, 5) is 14.2. The lowest BCUT2D eigenvalue weighted by molar-refractivity contribution is 0.111. The molecule has 0 amide bonds. The van der Waals surface area contributed by atoms with Gasteiger partial charge in [0, 0.05) is 0 Å². The monoisotopic (exact) mass is 211 g/mol. The van der Waals surface area contributed by atoms with Gasteiger partial charge < -0.3 is 4.74 Å². The molecule has 0 bridgehead atoms. The number of ether oxygens (including phenoxy) is 1. The molecule has 0 atom stereocenters. The van der Waals surface area contributed by atoms with E-state index >= 15 is 0 Å². The van der Waals surface area contributed by atoms with Crippen LogP contribution in [-0.4, -0.2) is 29.9 Å². The average Bonchev–Trinajstić information content (AvgIpc) is 2.25. The van der Waals surface area contributed by atoms with Crippen molar-refractivity contribution in [2.24, 2.45) is 0 Å². The molecule has 0 spiro atoms. The number of pyridine rings is 1. The van der Waals surface area contributed by atoms with E-state index in [0.717, 1.165) is 24.2 Å². The molecule has 1 rings (SSSR count). The van der Waals surface area contributed by atoms with Crippen molar-refractivity contribution in [2.75, 3.05) is 18.6 Å². The number of thioether (sulfide) groups is 1. The van der Waals surface area contributed by atoms with Crippen LogP contribution in [-0.2, 0) is 0 Å². The second kappa shape index (κ2) is 6.43. The molecule has 76 valence electrons. The number of carbonyl (C=O) groups excluding carboxylic acids is 1. The van der Waals surface area contributed by atoms with Crippen LogP contribution < -0.4 is 4.74 Å². The largest absolute Gasteiger partial charge is 0.492 e. The van der Waals surface area contributed by atoms with Gasteiger partial charge in [-0.2, -0.15) is 11.8 Å². The average molecular weight is 211 g/mol. The zero-order valence-corrected chi connectivity index (χ0v) is 8.92. The minimum absolute atomic E-state index is 0.432. The van der Waals surface area contributed by atoms with Gasteiger partial charge in [-0.25, -0.2) is 4.98 Å². The summed E-state index contributed by atoms with van der Waals surface area (Å²) in [6, 6.07) is 3.41. The van der Waals surface area contributed by atoms with Crippen LogP contribution in [0.2, 0.25) is 0 Å². The lowest BCUT2D eigenvalue weighted by atomic mass is 10.4. The Labute approximate surface area is 87.9 Å². The molecule has 0 fully saturated rings. The number of aromatic nitrogens is 1. The molecule has 0 saturated heterocycles. The summed E-state index contributed by atoms with van der Waals surface area (Å²) >= 11 is 1.80. The van der Waals surface area contributed by atoms with E-state index in [0.29, 0.717) is 12.3 Å². The molecule has 0 N–H and O–H groups in total. The van der Waals surface area contributed by atoms with Gasteiger partial charge in [0.05, 0.1) is 12.8 Å². The fourth-order valence-corrected chi connectivity index (χ4v) is 1.35. The lowest BCUT2D eigenvalue weighted by Crippen LogP contribution is -1.99. The Morgan fingerprint density at radius 2 is 2.43 bits per heavy atom. The van der Waals surface area contributed by atoms with Crippen molar-refractivity contribution in [3.63, 3.8) is 0 Å². The van der Waals surface area contributed by atoms with E-state index in [1.807, 2.05) is 0 Å². The summed E-state index contributed by atoms with van der Waals surface area (Å²) in [6.45, 7) is 0.697. The highest BCUT2D eigenvalue weighted by atomic mass is 32.2. The first kappa shape index (κ1) is 11.0. The molecule has 14 heavy (non-hydrogen) atoms. The Morgan fingerprint density at radius 3 is 3.00 bits per heavy atom. The molecule has 0 aliphatic heterocycles. The number of carbonyl (C=O) groups is 1. The van der Waals surface area contributed by atoms with Crippen LogP contribution in [0.3, 0.4) is 0 Å². The second-order valence-corrected chi connectivity index (χ2v) is 3.72. The molecule has 0 aliphatic carbocycles. The highest BCUT2D eigenvalue weighted by molar-refractivity contribution is 7.98. The van der Waals surface area contributed by atoms with Crippen molar-refractivity contribution < 1.29 is 9.53 Å². The minimum Gasteiger partial charge on any atom is -0.492 e.